The fourth-order valence-corrected chi connectivity index (χ4v) is 5.29. The van der Waals surface area contributed by atoms with Crippen molar-refractivity contribution in [1.82, 2.24) is 4.90 Å². The number of esters is 1. The normalized spacial score (nSPS) is 13.9. The number of alkyl halides is 6. The molecule has 1 amide bonds. The number of carbonyl (C=O) groups excluding carboxylic acids is 2. The number of amides is 1. The average Bonchev–Trinajstić information content (AvgIpc) is 3.69. The van der Waals surface area contributed by atoms with E-state index in [4.69, 9.17) is 37.4 Å². The molecule has 19 heteroatoms. The Hall–Kier alpha value is -3.14. The third-order valence-corrected chi connectivity index (χ3v) is 8.18. The number of carboxylic acid groups (broad SMARTS) is 1. The summed E-state index contributed by atoms with van der Waals surface area (Å²) < 4.78 is 93.2. The first-order valence-corrected chi connectivity index (χ1v) is 23.0. The Labute approximate surface area is 358 Å². The predicted molar refractivity (Wildman–Crippen MR) is 220 cm³/mol. The van der Waals surface area contributed by atoms with Crippen molar-refractivity contribution in [2.24, 2.45) is 0 Å². The summed E-state index contributed by atoms with van der Waals surface area (Å²) in [4.78, 5) is 38.2. The van der Waals surface area contributed by atoms with E-state index in [9.17, 15) is 45.8 Å². The zero-order valence-corrected chi connectivity index (χ0v) is 35.7. The molecule has 1 saturated heterocycles. The maximum atomic E-state index is 13.0. The van der Waals surface area contributed by atoms with Crippen LogP contribution < -0.4 is 9.47 Å². The summed E-state index contributed by atoms with van der Waals surface area (Å²) in [6, 6.07) is 20.1. The summed E-state index contributed by atoms with van der Waals surface area (Å²) >= 11 is 15.8. The lowest BCUT2D eigenvalue weighted by molar-refractivity contribution is -0.164. The van der Waals surface area contributed by atoms with Crippen LogP contribution in [0.15, 0.2) is 97.1 Å². The molecule has 0 bridgehead atoms. The molecule has 56 heavy (non-hydrogen) atoms. The number of hydrogen-bond acceptors (Lipinski definition) is 6. The molecule has 4 aromatic rings. The highest BCUT2D eigenvalue weighted by Gasteiger charge is 2.34. The first kappa shape index (κ1) is 49.0. The molecule has 1 heterocycles. The number of benzene rings is 4. The van der Waals surface area contributed by atoms with E-state index in [0.29, 0.717) is 28.7 Å². The van der Waals surface area contributed by atoms with Crippen LogP contribution in [0, 0.1) is 0 Å². The van der Waals surface area contributed by atoms with Gasteiger partial charge in [-0.2, -0.15) is 39.8 Å². The van der Waals surface area contributed by atoms with Crippen LogP contribution in [0.2, 0.25) is 10.0 Å². The molecule has 4 aromatic carbocycles. The van der Waals surface area contributed by atoms with Crippen LogP contribution in [0.3, 0.4) is 0 Å². The van der Waals surface area contributed by atoms with Gasteiger partial charge in [-0.05, 0) is 80.4 Å². The molecular weight excluding hydrogens is 1040 g/mol. The number of halogens is 10. The molecule has 304 valence electrons. The van der Waals surface area contributed by atoms with Gasteiger partial charge in [-0.1, -0.05) is 59.6 Å². The number of rotatable bonds is 10. The Bertz CT molecular complexity index is 1890. The minimum atomic E-state index is -4.56. The lowest BCUT2D eigenvalue weighted by Gasteiger charge is -2.24. The molecule has 0 saturated carbocycles. The van der Waals surface area contributed by atoms with E-state index in [1.54, 1.807) is 4.90 Å². The average molecular weight is 1070 g/mol. The van der Waals surface area contributed by atoms with E-state index in [-0.39, 0.29) is 36.5 Å². The highest BCUT2D eigenvalue weighted by molar-refractivity contribution is 15.0. The van der Waals surface area contributed by atoms with Gasteiger partial charge in [-0.15, -0.1) is 0 Å². The van der Waals surface area contributed by atoms with Gasteiger partial charge in [0.15, 0.2) is 6.10 Å². The van der Waals surface area contributed by atoms with Crippen molar-refractivity contribution < 1.29 is 60.0 Å². The predicted octanol–water partition coefficient (Wildman–Crippen LogP) is 11.5. The molecule has 5 rings (SSSR count). The second kappa shape index (κ2) is 22.7. The summed E-state index contributed by atoms with van der Waals surface area (Å²) in [5.41, 5.74) is -1.22. The molecule has 8 nitrogen and oxygen atoms in total. The van der Waals surface area contributed by atoms with Gasteiger partial charge >= 0.3 is 24.3 Å². The maximum Gasteiger partial charge on any atom is 0.416 e. The quantitative estimate of drug-likeness (QED) is 0.0959. The number of aliphatic carboxylic acids is 1. The zero-order valence-electron chi connectivity index (χ0n) is 28.9. The van der Waals surface area contributed by atoms with Gasteiger partial charge in [-0.3, -0.25) is 4.79 Å². The summed E-state index contributed by atoms with van der Waals surface area (Å²) in [5.74, 6) is -2.87. The molecule has 1 fully saturated rings. The lowest BCUT2D eigenvalue weighted by Crippen LogP contribution is -2.39. The van der Waals surface area contributed by atoms with E-state index in [0.717, 1.165) is 43.2 Å². The summed E-state index contributed by atoms with van der Waals surface area (Å²) in [6.07, 6.45) is -11.2. The monoisotopic (exact) mass is 1070 g/mol. The maximum absolute atomic E-state index is 13.0. The number of likely N-dealkylation sites (tertiary alicyclic amines) is 1. The summed E-state index contributed by atoms with van der Waals surface area (Å²) in [6.45, 7) is 2.66. The fraction of sp³-hybridized carbons (Fsp3) is 0.270. The van der Waals surface area contributed by atoms with Crippen LogP contribution in [0.4, 0.5) is 26.3 Å². The topological polar surface area (TPSA) is 102 Å². The largest absolute Gasteiger partial charge is 0.478 e. The van der Waals surface area contributed by atoms with Gasteiger partial charge in [0.1, 0.15) is 11.5 Å². The van der Waals surface area contributed by atoms with Crippen LogP contribution in [0.25, 0.3) is 0 Å². The van der Waals surface area contributed by atoms with E-state index in [1.807, 2.05) is 0 Å². The number of hydrogen-bond donors (Lipinski definition) is 1. The van der Waals surface area contributed by atoms with Crippen molar-refractivity contribution >= 4 is 91.8 Å². The smallest absolute Gasteiger partial charge is 0.416 e. The molecule has 1 unspecified atom stereocenters. The molecule has 3 atom stereocenters. The van der Waals surface area contributed by atoms with E-state index < -0.39 is 53.7 Å². The van der Waals surface area contributed by atoms with Crippen molar-refractivity contribution in [3.05, 3.63) is 129 Å². The Kier molecular flexibility index (Phi) is 19.9. The Balaban J connectivity index is 0.000000383. The number of carbonyl (C=O) groups is 3. The first-order chi connectivity index (χ1) is 25.9. The summed E-state index contributed by atoms with van der Waals surface area (Å²) in [5, 5.41) is 10.0. The van der Waals surface area contributed by atoms with Crippen molar-refractivity contribution in [3.8, 4) is 11.5 Å². The van der Waals surface area contributed by atoms with Crippen LogP contribution in [-0.4, -0.2) is 47.0 Å². The highest BCUT2D eigenvalue weighted by atomic mass is 128. The molecule has 1 aliphatic rings. The van der Waals surface area contributed by atoms with Gasteiger partial charge in [0.25, 0.3) is 5.91 Å². The molecule has 0 aromatic heterocycles. The second-order valence-corrected chi connectivity index (χ2v) is 12.5. The van der Waals surface area contributed by atoms with E-state index in [1.165, 1.54) is 73.7 Å². The number of carboxylic acids is 1. The van der Waals surface area contributed by atoms with Crippen LogP contribution in [-0.2, 0) is 31.5 Å². The van der Waals surface area contributed by atoms with Gasteiger partial charge in [0.2, 0.25) is 12.2 Å². The van der Waals surface area contributed by atoms with Crippen molar-refractivity contribution in [2.45, 2.75) is 50.4 Å². The van der Waals surface area contributed by atoms with Crippen molar-refractivity contribution in [1.29, 1.82) is 0 Å². The van der Waals surface area contributed by atoms with Gasteiger partial charge in [0.05, 0.1) is 11.1 Å². The SMILES string of the molecule is CC(OC(=O)[C@H](Oc1cccc(C(F)(F)F)c1)c1ccc(Cl)cc1)C(=O)N1CCCC1.II.O=C(O)[C@H](Oc1cccc(C(F)(F)F)c1)c1ccc(Cl)cc1.S. The Morgan fingerprint density at radius 2 is 1.09 bits per heavy atom. The van der Waals surface area contributed by atoms with Crippen LogP contribution in [0.5, 0.6) is 11.5 Å². The molecule has 0 aliphatic carbocycles. The summed E-state index contributed by atoms with van der Waals surface area (Å²) in [7, 11) is 0. The lowest BCUT2D eigenvalue weighted by atomic mass is 10.1. The third kappa shape index (κ3) is 15.0. The molecular formula is C37H33Cl2F6I2NO7S. The highest BCUT2D eigenvalue weighted by Crippen LogP contribution is 2.34. The van der Waals surface area contributed by atoms with Gasteiger partial charge < -0.3 is 24.2 Å². The number of nitrogens with zero attached hydrogens (tertiary/aromatic N) is 1. The minimum Gasteiger partial charge on any atom is -0.478 e. The van der Waals surface area contributed by atoms with Gasteiger partial charge in [-0.25, -0.2) is 9.59 Å². The van der Waals surface area contributed by atoms with E-state index in [2.05, 4.69) is 37.2 Å². The van der Waals surface area contributed by atoms with Crippen LogP contribution in [0.1, 0.15) is 54.2 Å². The second-order valence-electron chi connectivity index (χ2n) is 11.6. The van der Waals surface area contributed by atoms with Crippen molar-refractivity contribution in [2.75, 3.05) is 13.1 Å². The molecule has 0 radical (unpaired) electrons. The number of ether oxygens (including phenoxy) is 3. The van der Waals surface area contributed by atoms with Gasteiger partial charge in [0, 0.05) is 71.5 Å². The Morgan fingerprint density at radius 3 is 1.48 bits per heavy atom. The standard InChI is InChI=1S/C22H21ClF3NO4.C15H10ClF3O3.I2.H2S/c1-14(20(28)27-11-2-3-12-27)30-21(29)19(15-7-9-17(23)10-8-15)31-18-6-4-5-16(13-18)22(24,25)26;16-11-6-4-9(5-7-11)13(14(20)21)22-12-3-1-2-10(8-12)15(17,18)19;1-2;/h4-10,13-14,19H,2-3,11-12H2,1H3;1-8,13H,(H,20,21);;1H2/t14?,19-;13-;;/m11../s1. The minimum absolute atomic E-state index is 0. The molecule has 0 spiro atoms. The first-order valence-electron chi connectivity index (χ1n) is 16.0. The Morgan fingerprint density at radius 1 is 0.696 bits per heavy atom. The zero-order chi connectivity index (χ0) is 40.9. The van der Waals surface area contributed by atoms with Crippen LogP contribution >= 0.6 is 73.9 Å². The third-order valence-electron chi connectivity index (χ3n) is 7.67. The molecule has 1 N–H and O–H groups in total. The fourth-order valence-electron chi connectivity index (χ4n) is 5.03. The van der Waals surface area contributed by atoms with E-state index >= 15 is 0 Å². The van der Waals surface area contributed by atoms with Crippen molar-refractivity contribution in [3.63, 3.8) is 0 Å². The molecule has 1 aliphatic heterocycles.